The minimum atomic E-state index is -0.626. The van der Waals surface area contributed by atoms with Crippen LogP contribution >= 0.6 is 11.8 Å². The van der Waals surface area contributed by atoms with Crippen molar-refractivity contribution in [3.63, 3.8) is 0 Å². The molecule has 0 spiro atoms. The molecular formula is C20H30N6OS. The molecule has 2 aliphatic carbocycles. The number of piperidine rings is 1. The molecule has 3 aliphatic rings. The summed E-state index contributed by atoms with van der Waals surface area (Å²) in [6.07, 6.45) is 10.8. The first-order chi connectivity index (χ1) is 13.6. The quantitative estimate of drug-likeness (QED) is 0.679. The van der Waals surface area contributed by atoms with Crippen molar-refractivity contribution < 1.29 is 4.79 Å². The second-order valence-corrected chi connectivity index (χ2v) is 9.32. The number of thioether (sulfide) groups is 1. The highest BCUT2D eigenvalue weighted by molar-refractivity contribution is 7.99. The Morgan fingerprint density at radius 2 is 1.86 bits per heavy atom. The molecule has 0 N–H and O–H groups in total. The molecule has 0 unspecified atom stereocenters. The first-order valence-corrected chi connectivity index (χ1v) is 11.6. The highest BCUT2D eigenvalue weighted by Gasteiger charge is 2.39. The fourth-order valence-corrected chi connectivity index (χ4v) is 5.36. The summed E-state index contributed by atoms with van der Waals surface area (Å²) in [6, 6.07) is 2.92. The molecule has 7 nitrogen and oxygen atoms in total. The number of rotatable bonds is 6. The van der Waals surface area contributed by atoms with Gasteiger partial charge in [0.1, 0.15) is 5.54 Å². The van der Waals surface area contributed by atoms with Crippen molar-refractivity contribution in [3.8, 4) is 6.07 Å². The summed E-state index contributed by atoms with van der Waals surface area (Å²) in [6.45, 7) is 2.09. The molecule has 0 radical (unpaired) electrons. The zero-order valence-corrected chi connectivity index (χ0v) is 17.6. The Labute approximate surface area is 171 Å². The smallest absolute Gasteiger partial charge is 0.234 e. The van der Waals surface area contributed by atoms with Gasteiger partial charge < -0.3 is 9.80 Å². The topological polar surface area (TPSA) is 78.1 Å². The molecule has 3 fully saturated rings. The van der Waals surface area contributed by atoms with Gasteiger partial charge in [0, 0.05) is 26.2 Å². The van der Waals surface area contributed by atoms with Gasteiger partial charge in [0.05, 0.1) is 11.8 Å². The van der Waals surface area contributed by atoms with Crippen molar-refractivity contribution >= 4 is 23.6 Å². The predicted molar refractivity (Wildman–Crippen MR) is 109 cm³/mol. The lowest BCUT2D eigenvalue weighted by atomic mass is 9.81. The number of hydrogen-bond donors (Lipinski definition) is 0. The number of carbonyl (C=O) groups excluding carboxylic acids is 1. The fraction of sp³-hybridized carbons (Fsp3) is 0.800. The van der Waals surface area contributed by atoms with Gasteiger partial charge in [-0.05, 0) is 44.9 Å². The van der Waals surface area contributed by atoms with E-state index >= 15 is 0 Å². The summed E-state index contributed by atoms with van der Waals surface area (Å²) < 4.78 is 2.25. The third-order valence-corrected chi connectivity index (χ3v) is 7.36. The molecule has 152 valence electrons. The van der Waals surface area contributed by atoms with Gasteiger partial charge >= 0.3 is 0 Å². The van der Waals surface area contributed by atoms with Crippen LogP contribution in [0.15, 0.2) is 5.16 Å². The molecule has 2 saturated carbocycles. The highest BCUT2D eigenvalue weighted by atomic mass is 32.2. The van der Waals surface area contributed by atoms with E-state index in [1.54, 1.807) is 11.9 Å². The zero-order valence-electron chi connectivity index (χ0n) is 16.8. The minimum absolute atomic E-state index is 0.0123. The molecule has 8 heteroatoms. The van der Waals surface area contributed by atoms with E-state index in [4.69, 9.17) is 0 Å². The lowest BCUT2D eigenvalue weighted by Crippen LogP contribution is -2.50. The van der Waals surface area contributed by atoms with Crippen LogP contribution in [-0.4, -0.2) is 57.0 Å². The molecular weight excluding hydrogens is 372 g/mol. The molecule has 1 aromatic heterocycles. The van der Waals surface area contributed by atoms with Gasteiger partial charge in [-0.3, -0.25) is 9.36 Å². The minimum Gasteiger partial charge on any atom is -0.341 e. The van der Waals surface area contributed by atoms with Gasteiger partial charge in [-0.2, -0.15) is 5.26 Å². The largest absolute Gasteiger partial charge is 0.341 e. The van der Waals surface area contributed by atoms with Crippen LogP contribution in [0.3, 0.4) is 0 Å². The number of amides is 1. The third kappa shape index (κ3) is 3.86. The van der Waals surface area contributed by atoms with Crippen LogP contribution < -0.4 is 4.90 Å². The summed E-state index contributed by atoms with van der Waals surface area (Å²) in [4.78, 5) is 16.9. The van der Waals surface area contributed by atoms with E-state index in [2.05, 4.69) is 25.7 Å². The van der Waals surface area contributed by atoms with Gasteiger partial charge in [-0.1, -0.05) is 31.0 Å². The van der Waals surface area contributed by atoms with Crippen LogP contribution in [0.25, 0.3) is 0 Å². The van der Waals surface area contributed by atoms with E-state index in [1.807, 2.05) is 0 Å². The molecule has 1 amide bonds. The Hall–Kier alpha value is -1.75. The lowest BCUT2D eigenvalue weighted by Gasteiger charge is -2.39. The van der Waals surface area contributed by atoms with Crippen LogP contribution in [0.4, 0.5) is 5.95 Å². The Morgan fingerprint density at radius 3 is 2.50 bits per heavy atom. The van der Waals surface area contributed by atoms with Crippen LogP contribution in [0.1, 0.15) is 70.3 Å². The number of hydrogen-bond acceptors (Lipinski definition) is 6. The van der Waals surface area contributed by atoms with E-state index in [1.165, 1.54) is 31.0 Å². The van der Waals surface area contributed by atoms with E-state index in [-0.39, 0.29) is 5.91 Å². The average molecular weight is 403 g/mol. The summed E-state index contributed by atoms with van der Waals surface area (Å²) in [5.41, 5.74) is -0.626. The zero-order chi connectivity index (χ0) is 19.6. The summed E-state index contributed by atoms with van der Waals surface area (Å²) in [5.74, 6) is 1.30. The molecule has 2 heterocycles. The number of nitriles is 1. The molecule has 0 atom stereocenters. The second kappa shape index (κ2) is 8.32. The van der Waals surface area contributed by atoms with Crippen molar-refractivity contribution in [1.29, 1.82) is 5.26 Å². The lowest BCUT2D eigenvalue weighted by molar-refractivity contribution is -0.131. The van der Waals surface area contributed by atoms with Crippen molar-refractivity contribution in [2.45, 2.75) is 80.9 Å². The summed E-state index contributed by atoms with van der Waals surface area (Å²) in [5, 5.41) is 19.5. The van der Waals surface area contributed by atoms with E-state index in [0.717, 1.165) is 69.1 Å². The van der Waals surface area contributed by atoms with E-state index in [0.29, 0.717) is 11.8 Å². The highest BCUT2D eigenvalue weighted by Crippen LogP contribution is 2.41. The van der Waals surface area contributed by atoms with Gasteiger partial charge in [0.15, 0.2) is 5.16 Å². The molecule has 28 heavy (non-hydrogen) atoms. The van der Waals surface area contributed by atoms with Crippen molar-refractivity contribution in [3.05, 3.63) is 0 Å². The SMILES string of the molecule is CN(C(=O)CSc1nnc(N2CCCCC2)n1C1CC1)C1(C#N)CCCCC1. The van der Waals surface area contributed by atoms with Gasteiger partial charge in [0.2, 0.25) is 11.9 Å². The molecule has 1 saturated heterocycles. The van der Waals surface area contributed by atoms with Gasteiger partial charge in [0.25, 0.3) is 0 Å². The van der Waals surface area contributed by atoms with Crippen molar-refractivity contribution in [2.75, 3.05) is 30.8 Å². The molecule has 1 aromatic rings. The standard InChI is InChI=1S/C20H30N6OS/c1-24(20(15-21)10-4-2-5-11-20)17(27)14-28-19-23-22-18(26(19)16-8-9-16)25-12-6-3-7-13-25/h16H,2-14H2,1H3. The monoisotopic (exact) mass is 402 g/mol. The molecule has 0 bridgehead atoms. The first-order valence-electron chi connectivity index (χ1n) is 10.7. The maximum absolute atomic E-state index is 12.9. The van der Waals surface area contributed by atoms with E-state index < -0.39 is 5.54 Å². The molecule has 4 rings (SSSR count). The first kappa shape index (κ1) is 19.6. The normalized spacial score (nSPS) is 21.9. The van der Waals surface area contributed by atoms with E-state index in [9.17, 15) is 10.1 Å². The number of anilines is 1. The Kier molecular flexibility index (Phi) is 5.81. The number of nitrogens with zero attached hydrogens (tertiary/aromatic N) is 6. The maximum Gasteiger partial charge on any atom is 0.234 e. The van der Waals surface area contributed by atoms with Crippen LogP contribution in [-0.2, 0) is 4.79 Å². The number of aromatic nitrogens is 3. The van der Waals surface area contributed by atoms with Crippen LogP contribution in [0.5, 0.6) is 0 Å². The van der Waals surface area contributed by atoms with Gasteiger partial charge in [-0.25, -0.2) is 0 Å². The Bertz CT molecular complexity index is 740. The van der Waals surface area contributed by atoms with Crippen LogP contribution in [0, 0.1) is 11.3 Å². The molecule has 0 aromatic carbocycles. The fourth-order valence-electron chi connectivity index (χ4n) is 4.45. The Morgan fingerprint density at radius 1 is 1.18 bits per heavy atom. The average Bonchev–Trinajstić information content (AvgIpc) is 3.51. The number of carbonyl (C=O) groups is 1. The summed E-state index contributed by atoms with van der Waals surface area (Å²) >= 11 is 1.47. The van der Waals surface area contributed by atoms with Gasteiger partial charge in [-0.15, -0.1) is 10.2 Å². The van der Waals surface area contributed by atoms with Crippen molar-refractivity contribution in [1.82, 2.24) is 19.7 Å². The van der Waals surface area contributed by atoms with Crippen molar-refractivity contribution in [2.24, 2.45) is 0 Å². The Balaban J connectivity index is 1.44. The summed E-state index contributed by atoms with van der Waals surface area (Å²) in [7, 11) is 1.79. The molecule has 1 aliphatic heterocycles. The predicted octanol–water partition coefficient (Wildman–Crippen LogP) is 3.38. The maximum atomic E-state index is 12.9. The van der Waals surface area contributed by atoms with Crippen LogP contribution in [0.2, 0.25) is 0 Å². The third-order valence-electron chi connectivity index (χ3n) is 6.43. The second-order valence-electron chi connectivity index (χ2n) is 8.38.